The molecular weight excluding hydrogens is 405 g/mol. The first-order valence-corrected chi connectivity index (χ1v) is 9.22. The Kier molecular flexibility index (Phi) is 7.03. The summed E-state index contributed by atoms with van der Waals surface area (Å²) in [5.41, 5.74) is -0.948. The van der Waals surface area contributed by atoms with Crippen LogP contribution in [-0.2, 0) is 33.5 Å². The fraction of sp³-hybridized carbons (Fsp3) is 0.444. The largest absolute Gasteiger partial charge is 0.467 e. The Morgan fingerprint density at radius 2 is 1.96 bits per heavy atom. The lowest BCUT2D eigenvalue weighted by molar-refractivity contribution is -0.150. The van der Waals surface area contributed by atoms with Gasteiger partial charge in [0.05, 0.1) is 30.2 Å². The Labute approximate surface area is 173 Å². The van der Waals surface area contributed by atoms with Crippen LogP contribution >= 0.6 is 23.2 Å². The molecule has 0 bridgehead atoms. The zero-order valence-electron chi connectivity index (χ0n) is 16.4. The summed E-state index contributed by atoms with van der Waals surface area (Å²) in [7, 11) is 4.89. The summed E-state index contributed by atoms with van der Waals surface area (Å²) in [5, 5.41) is 11.5. The number of hydrogen-bond acceptors (Lipinski definition) is 6. The second-order valence-corrected chi connectivity index (χ2v) is 7.50. The van der Waals surface area contributed by atoms with Crippen LogP contribution in [-0.4, -0.2) is 52.2 Å². The number of amides is 1. The SMILES string of the molecule is COC(=O)[C@@](C)(NC(=O)CN(C)Cc1nnc(C)n1C)c1ccc(Cl)c(Cl)c1. The molecule has 0 aliphatic rings. The molecule has 1 aromatic carbocycles. The molecule has 1 atom stereocenters. The highest BCUT2D eigenvalue weighted by atomic mass is 35.5. The lowest BCUT2D eigenvalue weighted by Crippen LogP contribution is -2.52. The van der Waals surface area contributed by atoms with Crippen LogP contribution in [0.3, 0.4) is 0 Å². The molecule has 0 aliphatic heterocycles. The van der Waals surface area contributed by atoms with Gasteiger partial charge in [0.1, 0.15) is 11.6 Å². The van der Waals surface area contributed by atoms with Crippen molar-refractivity contribution in [2.75, 3.05) is 20.7 Å². The van der Waals surface area contributed by atoms with Crippen molar-refractivity contribution in [1.29, 1.82) is 0 Å². The van der Waals surface area contributed by atoms with Crippen molar-refractivity contribution in [2.45, 2.75) is 25.9 Å². The summed E-state index contributed by atoms with van der Waals surface area (Å²) in [5.74, 6) is 0.532. The minimum absolute atomic E-state index is 0.0415. The number of hydrogen-bond donors (Lipinski definition) is 1. The summed E-state index contributed by atoms with van der Waals surface area (Å²) in [6, 6.07) is 4.72. The Morgan fingerprint density at radius 1 is 1.29 bits per heavy atom. The van der Waals surface area contributed by atoms with Crippen molar-refractivity contribution >= 4 is 35.1 Å². The molecule has 0 saturated heterocycles. The number of carbonyl (C=O) groups is 2. The Bertz CT molecular complexity index is 886. The van der Waals surface area contributed by atoms with Gasteiger partial charge in [0.2, 0.25) is 5.91 Å². The summed E-state index contributed by atoms with van der Waals surface area (Å²) < 4.78 is 6.74. The first kappa shape index (κ1) is 22.1. The number of halogens is 2. The molecule has 28 heavy (non-hydrogen) atoms. The Balaban J connectivity index is 2.15. The van der Waals surface area contributed by atoms with Gasteiger partial charge >= 0.3 is 5.97 Å². The average molecular weight is 428 g/mol. The maximum Gasteiger partial charge on any atom is 0.336 e. The van der Waals surface area contributed by atoms with Gasteiger partial charge in [-0.2, -0.15) is 0 Å². The standard InChI is InChI=1S/C18H23Cl2N5O3/c1-11-22-23-15(25(11)4)9-24(3)10-16(26)21-18(2,17(27)28-5)12-6-7-13(19)14(20)8-12/h6-8H,9-10H2,1-5H3,(H,21,26)/t18-/m0/s1. The Hall–Kier alpha value is -2.16. The number of methoxy groups -OCH3 is 1. The van der Waals surface area contributed by atoms with E-state index in [4.69, 9.17) is 27.9 Å². The normalized spacial score (nSPS) is 13.3. The molecule has 1 aromatic heterocycles. The smallest absolute Gasteiger partial charge is 0.336 e. The number of likely N-dealkylation sites (N-methyl/N-ethyl adjacent to an activating group) is 1. The van der Waals surface area contributed by atoms with Crippen LogP contribution in [0.4, 0.5) is 0 Å². The van der Waals surface area contributed by atoms with Crippen molar-refractivity contribution in [2.24, 2.45) is 7.05 Å². The van der Waals surface area contributed by atoms with Gasteiger partial charge in [-0.1, -0.05) is 29.3 Å². The molecule has 0 unspecified atom stereocenters. The average Bonchev–Trinajstić information content (AvgIpc) is 2.94. The highest BCUT2D eigenvalue weighted by Crippen LogP contribution is 2.29. The topological polar surface area (TPSA) is 89.3 Å². The highest BCUT2D eigenvalue weighted by molar-refractivity contribution is 6.42. The van der Waals surface area contributed by atoms with Gasteiger partial charge in [0, 0.05) is 7.05 Å². The van der Waals surface area contributed by atoms with Crippen LogP contribution < -0.4 is 5.32 Å². The van der Waals surface area contributed by atoms with E-state index >= 15 is 0 Å². The molecule has 8 nitrogen and oxygen atoms in total. The number of rotatable bonds is 7. The molecule has 1 N–H and O–H groups in total. The van der Waals surface area contributed by atoms with E-state index in [2.05, 4.69) is 15.5 Å². The van der Waals surface area contributed by atoms with E-state index in [1.807, 2.05) is 18.5 Å². The molecular formula is C18H23Cl2N5O3. The van der Waals surface area contributed by atoms with Gasteiger partial charge in [-0.25, -0.2) is 4.79 Å². The Morgan fingerprint density at radius 3 is 2.50 bits per heavy atom. The first-order chi connectivity index (χ1) is 13.1. The summed E-state index contributed by atoms with van der Waals surface area (Å²) in [6.07, 6.45) is 0. The second kappa shape index (κ2) is 8.89. The van der Waals surface area contributed by atoms with Gasteiger partial charge < -0.3 is 14.6 Å². The maximum atomic E-state index is 12.6. The molecule has 152 valence electrons. The van der Waals surface area contributed by atoms with E-state index in [-0.39, 0.29) is 17.5 Å². The fourth-order valence-electron chi connectivity index (χ4n) is 2.70. The summed E-state index contributed by atoms with van der Waals surface area (Å²) in [4.78, 5) is 26.8. The number of benzene rings is 1. The molecule has 0 fully saturated rings. The monoisotopic (exact) mass is 427 g/mol. The lowest BCUT2D eigenvalue weighted by Gasteiger charge is -2.29. The highest BCUT2D eigenvalue weighted by Gasteiger charge is 2.38. The van der Waals surface area contributed by atoms with E-state index < -0.39 is 11.5 Å². The minimum Gasteiger partial charge on any atom is -0.467 e. The molecule has 0 saturated carbocycles. The van der Waals surface area contributed by atoms with Crippen LogP contribution in [0.25, 0.3) is 0 Å². The predicted molar refractivity (Wildman–Crippen MR) is 106 cm³/mol. The van der Waals surface area contributed by atoms with E-state index in [1.54, 1.807) is 31.0 Å². The second-order valence-electron chi connectivity index (χ2n) is 6.69. The van der Waals surface area contributed by atoms with Crippen molar-refractivity contribution in [3.63, 3.8) is 0 Å². The van der Waals surface area contributed by atoms with Crippen molar-refractivity contribution in [3.05, 3.63) is 45.5 Å². The van der Waals surface area contributed by atoms with Crippen molar-refractivity contribution < 1.29 is 14.3 Å². The van der Waals surface area contributed by atoms with Crippen molar-refractivity contribution in [1.82, 2.24) is 25.0 Å². The fourth-order valence-corrected chi connectivity index (χ4v) is 3.00. The zero-order chi connectivity index (χ0) is 21.1. The third-order valence-corrected chi connectivity index (χ3v) is 5.23. The molecule has 0 spiro atoms. The number of nitrogens with zero attached hydrogens (tertiary/aromatic N) is 4. The van der Waals surface area contributed by atoms with Crippen LogP contribution in [0.2, 0.25) is 10.0 Å². The molecule has 1 amide bonds. The number of carbonyl (C=O) groups excluding carboxylic acids is 2. The number of aromatic nitrogens is 3. The van der Waals surface area contributed by atoms with Crippen molar-refractivity contribution in [3.8, 4) is 0 Å². The van der Waals surface area contributed by atoms with E-state index in [9.17, 15) is 9.59 Å². The number of aryl methyl sites for hydroxylation is 1. The summed E-state index contributed by atoms with van der Waals surface area (Å²) >= 11 is 12.0. The minimum atomic E-state index is -1.41. The van der Waals surface area contributed by atoms with Crippen LogP contribution in [0.1, 0.15) is 24.1 Å². The summed E-state index contributed by atoms with van der Waals surface area (Å²) in [6.45, 7) is 3.87. The van der Waals surface area contributed by atoms with Gasteiger partial charge in [0.15, 0.2) is 5.54 Å². The molecule has 2 rings (SSSR count). The van der Waals surface area contributed by atoms with Gasteiger partial charge in [0.25, 0.3) is 0 Å². The number of esters is 1. The molecule has 2 aromatic rings. The van der Waals surface area contributed by atoms with Crippen LogP contribution in [0, 0.1) is 6.92 Å². The number of ether oxygens (including phenoxy) is 1. The molecule has 0 aliphatic carbocycles. The predicted octanol–water partition coefficient (Wildman–Crippen LogP) is 2.07. The molecule has 0 radical (unpaired) electrons. The van der Waals surface area contributed by atoms with E-state index in [0.717, 1.165) is 11.6 Å². The van der Waals surface area contributed by atoms with E-state index in [0.29, 0.717) is 17.1 Å². The lowest BCUT2D eigenvalue weighted by atomic mass is 9.92. The van der Waals surface area contributed by atoms with Gasteiger partial charge in [-0.05, 0) is 38.6 Å². The first-order valence-electron chi connectivity index (χ1n) is 8.47. The van der Waals surface area contributed by atoms with Gasteiger partial charge in [-0.15, -0.1) is 10.2 Å². The van der Waals surface area contributed by atoms with Gasteiger partial charge in [-0.3, -0.25) is 9.69 Å². The molecule has 10 heteroatoms. The van der Waals surface area contributed by atoms with Crippen LogP contribution in [0.5, 0.6) is 0 Å². The number of nitrogens with one attached hydrogen (secondary N) is 1. The molecule has 1 heterocycles. The zero-order valence-corrected chi connectivity index (χ0v) is 17.9. The maximum absolute atomic E-state index is 12.6. The van der Waals surface area contributed by atoms with E-state index in [1.165, 1.54) is 13.2 Å². The third-order valence-electron chi connectivity index (χ3n) is 4.49. The third kappa shape index (κ3) is 4.81. The van der Waals surface area contributed by atoms with Crippen LogP contribution in [0.15, 0.2) is 18.2 Å². The quantitative estimate of drug-likeness (QED) is 0.680.